The van der Waals surface area contributed by atoms with Gasteiger partial charge in [-0.15, -0.1) is 11.3 Å². The number of aromatic amines is 1. The van der Waals surface area contributed by atoms with E-state index in [0.717, 1.165) is 22.4 Å². The van der Waals surface area contributed by atoms with Crippen molar-refractivity contribution in [3.8, 4) is 11.1 Å². The van der Waals surface area contributed by atoms with Gasteiger partial charge in [-0.2, -0.15) is 0 Å². The minimum atomic E-state index is -0.304. The lowest BCUT2D eigenvalue weighted by Gasteiger charge is -2.03. The number of carbonyl (C=O) groups excluding carboxylic acids is 1. The average Bonchev–Trinajstić information content (AvgIpc) is 2.95. The molecule has 0 aliphatic carbocycles. The largest absolute Gasteiger partial charge is 0.465 e. The molecule has 0 aliphatic rings. The van der Waals surface area contributed by atoms with Gasteiger partial charge in [0.25, 0.3) is 5.56 Å². The van der Waals surface area contributed by atoms with Gasteiger partial charge < -0.3 is 9.72 Å². The predicted octanol–water partition coefficient (Wildman–Crippen LogP) is 4.01. The van der Waals surface area contributed by atoms with E-state index < -0.39 is 0 Å². The highest BCUT2D eigenvalue weighted by atomic mass is 32.2. The van der Waals surface area contributed by atoms with Gasteiger partial charge in [-0.05, 0) is 18.9 Å². The number of carbonyl (C=O) groups is 1. The van der Waals surface area contributed by atoms with Crippen molar-refractivity contribution in [3.05, 3.63) is 45.6 Å². The quantitative estimate of drug-likeness (QED) is 0.401. The number of fused-ring (bicyclic) bond motifs is 1. The summed E-state index contributed by atoms with van der Waals surface area (Å²) in [4.78, 5) is 33.2. The van der Waals surface area contributed by atoms with Crippen LogP contribution in [0.4, 0.5) is 0 Å². The second kappa shape index (κ2) is 7.84. The van der Waals surface area contributed by atoms with Crippen LogP contribution in [0.25, 0.3) is 21.3 Å². The maximum Gasteiger partial charge on any atom is 0.316 e. The first-order valence-electron chi connectivity index (χ1n) is 7.97. The molecule has 2 heterocycles. The van der Waals surface area contributed by atoms with Crippen LogP contribution >= 0.6 is 23.1 Å². The van der Waals surface area contributed by atoms with Gasteiger partial charge in [0, 0.05) is 10.4 Å². The maximum absolute atomic E-state index is 12.6. The fourth-order valence-electron chi connectivity index (χ4n) is 2.50. The summed E-state index contributed by atoms with van der Waals surface area (Å²) < 4.78 is 5.03. The van der Waals surface area contributed by atoms with Gasteiger partial charge in [0.2, 0.25) is 0 Å². The second-order valence-corrected chi connectivity index (χ2v) is 7.63. The van der Waals surface area contributed by atoms with E-state index in [1.54, 1.807) is 0 Å². The Hall–Kier alpha value is -2.12. The molecular formula is C18H18N2O3S2. The van der Waals surface area contributed by atoms with Crippen LogP contribution in [0.5, 0.6) is 0 Å². The third-order valence-corrected chi connectivity index (χ3v) is 5.42. The number of esters is 1. The molecule has 0 aliphatic heterocycles. The summed E-state index contributed by atoms with van der Waals surface area (Å²) >= 11 is 2.67. The molecule has 5 nitrogen and oxygen atoms in total. The Labute approximate surface area is 153 Å². The van der Waals surface area contributed by atoms with Crippen LogP contribution in [0.1, 0.15) is 18.2 Å². The number of hydrogen-bond acceptors (Lipinski definition) is 6. The molecule has 3 rings (SSSR count). The third-order valence-electron chi connectivity index (χ3n) is 3.57. The zero-order valence-corrected chi connectivity index (χ0v) is 15.6. The minimum absolute atomic E-state index is 0.129. The van der Waals surface area contributed by atoms with E-state index in [9.17, 15) is 9.59 Å². The van der Waals surface area contributed by atoms with Gasteiger partial charge in [0.05, 0.1) is 17.7 Å². The lowest BCUT2D eigenvalue weighted by atomic mass is 10.0. The summed E-state index contributed by atoms with van der Waals surface area (Å²) in [7, 11) is 0. The van der Waals surface area contributed by atoms with Crippen LogP contribution in [-0.2, 0) is 9.53 Å². The number of rotatable bonds is 6. The van der Waals surface area contributed by atoms with Gasteiger partial charge in [-0.25, -0.2) is 4.98 Å². The number of thioether (sulfide) groups is 1. The first kappa shape index (κ1) is 17.7. The van der Waals surface area contributed by atoms with Crippen LogP contribution in [-0.4, -0.2) is 28.3 Å². The summed E-state index contributed by atoms with van der Waals surface area (Å²) in [5.41, 5.74) is 1.74. The average molecular weight is 374 g/mol. The van der Waals surface area contributed by atoms with Crippen LogP contribution in [0, 0.1) is 6.92 Å². The number of thiophene rings is 1. The number of benzene rings is 1. The standard InChI is InChI=1S/C18H18N2O3S2/c1-3-9-23-13(21)10-24-18-19-16(22)15-14(11(2)25-17(15)20-18)12-7-5-4-6-8-12/h4-8H,3,9-10H2,1-2H3,(H,19,20,22). The summed E-state index contributed by atoms with van der Waals surface area (Å²) in [6.45, 7) is 4.34. The van der Waals surface area contributed by atoms with E-state index in [4.69, 9.17) is 4.74 Å². The molecule has 130 valence electrons. The summed E-state index contributed by atoms with van der Waals surface area (Å²) in [6, 6.07) is 9.82. The first-order valence-corrected chi connectivity index (χ1v) is 9.77. The Bertz CT molecular complexity index is 948. The van der Waals surface area contributed by atoms with Crippen molar-refractivity contribution in [3.63, 3.8) is 0 Å². The molecule has 3 aromatic rings. The molecule has 1 aromatic carbocycles. The Kier molecular flexibility index (Phi) is 5.55. The molecular weight excluding hydrogens is 356 g/mol. The van der Waals surface area contributed by atoms with E-state index in [1.165, 1.54) is 23.1 Å². The van der Waals surface area contributed by atoms with Gasteiger partial charge in [-0.1, -0.05) is 49.0 Å². The second-order valence-electron chi connectivity index (χ2n) is 5.46. The van der Waals surface area contributed by atoms with E-state index >= 15 is 0 Å². The summed E-state index contributed by atoms with van der Waals surface area (Å²) in [5.74, 6) is -0.174. The van der Waals surface area contributed by atoms with Crippen LogP contribution in [0.3, 0.4) is 0 Å². The molecule has 0 bridgehead atoms. The molecule has 2 aromatic heterocycles. The number of aromatic nitrogens is 2. The monoisotopic (exact) mass is 374 g/mol. The predicted molar refractivity (Wildman–Crippen MR) is 102 cm³/mol. The normalized spacial score (nSPS) is 11.0. The fourth-order valence-corrected chi connectivity index (χ4v) is 4.27. The number of aryl methyl sites for hydroxylation is 1. The number of ether oxygens (including phenoxy) is 1. The number of H-pyrrole nitrogens is 1. The van der Waals surface area contributed by atoms with E-state index in [1.807, 2.05) is 44.2 Å². The minimum Gasteiger partial charge on any atom is -0.465 e. The van der Waals surface area contributed by atoms with Crippen molar-refractivity contribution in [2.75, 3.05) is 12.4 Å². The Morgan fingerprint density at radius 1 is 1.32 bits per heavy atom. The SMILES string of the molecule is CCCOC(=O)CSc1nc2sc(C)c(-c3ccccc3)c2c(=O)[nH]1. The highest BCUT2D eigenvalue weighted by Gasteiger charge is 2.17. The van der Waals surface area contributed by atoms with Gasteiger partial charge in [-0.3, -0.25) is 9.59 Å². The zero-order valence-electron chi connectivity index (χ0n) is 14.0. The third kappa shape index (κ3) is 3.93. The maximum atomic E-state index is 12.6. The number of nitrogens with one attached hydrogen (secondary N) is 1. The highest BCUT2D eigenvalue weighted by molar-refractivity contribution is 7.99. The van der Waals surface area contributed by atoms with Crippen molar-refractivity contribution < 1.29 is 9.53 Å². The topological polar surface area (TPSA) is 72.0 Å². The number of hydrogen-bond donors (Lipinski definition) is 1. The molecule has 0 spiro atoms. The fraction of sp³-hybridized carbons (Fsp3) is 0.278. The molecule has 0 saturated heterocycles. The Balaban J connectivity index is 1.91. The highest BCUT2D eigenvalue weighted by Crippen LogP contribution is 2.35. The van der Waals surface area contributed by atoms with Gasteiger partial charge >= 0.3 is 5.97 Å². The lowest BCUT2D eigenvalue weighted by Crippen LogP contribution is -2.11. The molecule has 0 atom stereocenters. The van der Waals surface area contributed by atoms with Crippen LogP contribution < -0.4 is 5.56 Å². The molecule has 0 radical (unpaired) electrons. The Morgan fingerprint density at radius 2 is 2.08 bits per heavy atom. The number of nitrogens with zero attached hydrogens (tertiary/aromatic N) is 1. The van der Waals surface area contributed by atoms with Gasteiger partial charge in [0.1, 0.15) is 4.83 Å². The van der Waals surface area contributed by atoms with Crippen molar-refractivity contribution >= 4 is 39.3 Å². The summed E-state index contributed by atoms with van der Waals surface area (Å²) in [5, 5.41) is 1.04. The molecule has 7 heteroatoms. The lowest BCUT2D eigenvalue weighted by molar-refractivity contribution is -0.140. The van der Waals surface area contributed by atoms with E-state index in [0.29, 0.717) is 22.0 Å². The van der Waals surface area contributed by atoms with Crippen LogP contribution in [0.2, 0.25) is 0 Å². The van der Waals surface area contributed by atoms with Crippen LogP contribution in [0.15, 0.2) is 40.3 Å². The summed E-state index contributed by atoms with van der Waals surface area (Å²) in [6.07, 6.45) is 0.786. The smallest absolute Gasteiger partial charge is 0.316 e. The van der Waals surface area contributed by atoms with Crippen molar-refractivity contribution in [2.45, 2.75) is 25.4 Å². The zero-order chi connectivity index (χ0) is 17.8. The Morgan fingerprint density at radius 3 is 2.80 bits per heavy atom. The van der Waals surface area contributed by atoms with E-state index in [-0.39, 0.29) is 17.3 Å². The first-order chi connectivity index (χ1) is 12.1. The van der Waals surface area contributed by atoms with Gasteiger partial charge in [0.15, 0.2) is 5.16 Å². The van der Waals surface area contributed by atoms with Crippen molar-refractivity contribution in [1.82, 2.24) is 9.97 Å². The molecule has 1 N–H and O–H groups in total. The van der Waals surface area contributed by atoms with Crippen molar-refractivity contribution in [1.29, 1.82) is 0 Å². The van der Waals surface area contributed by atoms with Crippen molar-refractivity contribution in [2.24, 2.45) is 0 Å². The molecule has 0 unspecified atom stereocenters. The van der Waals surface area contributed by atoms with E-state index in [2.05, 4.69) is 9.97 Å². The molecule has 0 amide bonds. The molecule has 0 saturated carbocycles. The molecule has 25 heavy (non-hydrogen) atoms. The molecule has 0 fully saturated rings.